The zero-order chi connectivity index (χ0) is 20.7. The Morgan fingerprint density at radius 1 is 1.07 bits per heavy atom. The Morgan fingerprint density at radius 2 is 1.79 bits per heavy atom. The molecule has 2 rings (SSSR count). The van der Waals surface area contributed by atoms with E-state index < -0.39 is 11.9 Å². The summed E-state index contributed by atoms with van der Waals surface area (Å²) in [6.45, 7) is 3.49. The molecule has 1 N–H and O–H groups in total. The number of esters is 1. The number of aryl methyl sites for hydroxylation is 2. The number of thioether (sulfide) groups is 1. The van der Waals surface area contributed by atoms with Gasteiger partial charge in [0.1, 0.15) is 0 Å². The van der Waals surface area contributed by atoms with Gasteiger partial charge in [-0.3, -0.25) is 9.59 Å². The summed E-state index contributed by atoms with van der Waals surface area (Å²) in [7, 11) is 3.36. The molecule has 0 aliphatic rings. The highest BCUT2D eigenvalue weighted by Gasteiger charge is 2.16. The zero-order valence-electron chi connectivity index (χ0n) is 16.4. The minimum atomic E-state index is -0.601. The first-order chi connectivity index (χ1) is 13.3. The Hall–Kier alpha value is -2.80. The molecule has 0 bridgehead atoms. The third-order valence-electron chi connectivity index (χ3n) is 3.95. The van der Waals surface area contributed by atoms with Crippen LogP contribution in [0, 0.1) is 13.8 Å². The maximum absolute atomic E-state index is 12.4. The monoisotopic (exact) mass is 400 g/mol. The van der Waals surface area contributed by atoms with Crippen molar-refractivity contribution < 1.29 is 19.1 Å². The Morgan fingerprint density at radius 3 is 2.46 bits per heavy atom. The largest absolute Gasteiger partial charge is 0.452 e. The van der Waals surface area contributed by atoms with Crippen molar-refractivity contribution in [2.75, 3.05) is 31.8 Å². The predicted molar refractivity (Wildman–Crippen MR) is 111 cm³/mol. The van der Waals surface area contributed by atoms with Gasteiger partial charge in [0.25, 0.3) is 5.91 Å². The summed E-state index contributed by atoms with van der Waals surface area (Å²) in [6.07, 6.45) is 0. The molecule has 0 saturated heterocycles. The van der Waals surface area contributed by atoms with Crippen molar-refractivity contribution in [2.45, 2.75) is 18.7 Å². The van der Waals surface area contributed by atoms with Crippen molar-refractivity contribution in [1.29, 1.82) is 0 Å². The number of nitrogens with zero attached hydrogens (tertiary/aromatic N) is 1. The van der Waals surface area contributed by atoms with Gasteiger partial charge in [-0.25, -0.2) is 4.79 Å². The van der Waals surface area contributed by atoms with Gasteiger partial charge in [0.05, 0.1) is 11.3 Å². The van der Waals surface area contributed by atoms with Crippen LogP contribution in [0.25, 0.3) is 0 Å². The number of hydrogen-bond acceptors (Lipinski definition) is 5. The van der Waals surface area contributed by atoms with E-state index in [1.54, 1.807) is 38.4 Å². The van der Waals surface area contributed by atoms with Crippen LogP contribution >= 0.6 is 11.8 Å². The molecule has 0 aliphatic heterocycles. The molecule has 0 spiro atoms. The molecule has 0 saturated carbocycles. The second-order valence-electron chi connectivity index (χ2n) is 6.52. The highest BCUT2D eigenvalue weighted by molar-refractivity contribution is 8.00. The first-order valence-corrected chi connectivity index (χ1v) is 9.72. The number of carbonyl (C=O) groups is 3. The fraction of sp³-hybridized carbons (Fsp3) is 0.286. The molecule has 28 heavy (non-hydrogen) atoms. The van der Waals surface area contributed by atoms with Crippen molar-refractivity contribution >= 4 is 35.2 Å². The van der Waals surface area contributed by atoms with Crippen LogP contribution in [0.3, 0.4) is 0 Å². The van der Waals surface area contributed by atoms with E-state index in [4.69, 9.17) is 4.74 Å². The lowest BCUT2D eigenvalue weighted by atomic mass is 10.1. The summed E-state index contributed by atoms with van der Waals surface area (Å²) in [4.78, 5) is 38.4. The molecule has 0 fully saturated rings. The van der Waals surface area contributed by atoms with Gasteiger partial charge in [-0.1, -0.05) is 29.8 Å². The molecule has 148 valence electrons. The van der Waals surface area contributed by atoms with Crippen LogP contribution in [0.1, 0.15) is 21.5 Å². The van der Waals surface area contributed by atoms with Crippen LogP contribution in [0.2, 0.25) is 0 Å². The van der Waals surface area contributed by atoms with Crippen molar-refractivity contribution in [1.82, 2.24) is 4.90 Å². The molecule has 0 aliphatic carbocycles. The Bertz CT molecular complexity index is 880. The first-order valence-electron chi connectivity index (χ1n) is 8.74. The molecule has 0 atom stereocenters. The van der Waals surface area contributed by atoms with Crippen LogP contribution in [0.4, 0.5) is 5.69 Å². The Labute approximate surface area is 169 Å². The maximum atomic E-state index is 12.4. The highest BCUT2D eigenvalue weighted by atomic mass is 32.2. The van der Waals surface area contributed by atoms with Gasteiger partial charge >= 0.3 is 5.97 Å². The number of benzene rings is 2. The summed E-state index contributed by atoms with van der Waals surface area (Å²) in [5.74, 6) is -0.852. The number of hydrogen-bond donors (Lipinski definition) is 1. The number of ether oxygens (including phenoxy) is 1. The molecule has 2 aromatic carbocycles. The first kappa shape index (κ1) is 21.5. The van der Waals surface area contributed by atoms with Crippen LogP contribution < -0.4 is 5.32 Å². The van der Waals surface area contributed by atoms with E-state index in [1.165, 1.54) is 16.7 Å². The maximum Gasteiger partial charge on any atom is 0.339 e. The van der Waals surface area contributed by atoms with E-state index in [2.05, 4.69) is 5.32 Å². The van der Waals surface area contributed by atoms with Gasteiger partial charge < -0.3 is 15.0 Å². The minimum Gasteiger partial charge on any atom is -0.452 e. The molecule has 0 radical (unpaired) electrons. The van der Waals surface area contributed by atoms with Gasteiger partial charge in [-0.05, 0) is 37.6 Å². The Balaban J connectivity index is 1.95. The fourth-order valence-corrected chi connectivity index (χ4v) is 3.40. The molecule has 6 nitrogen and oxygen atoms in total. The average molecular weight is 401 g/mol. The van der Waals surface area contributed by atoms with Gasteiger partial charge in [-0.15, -0.1) is 11.8 Å². The predicted octanol–water partition coefficient (Wildman–Crippen LogP) is 3.28. The van der Waals surface area contributed by atoms with Gasteiger partial charge in [-0.2, -0.15) is 0 Å². The number of rotatable bonds is 7. The summed E-state index contributed by atoms with van der Waals surface area (Å²) in [5.41, 5.74) is 3.05. The normalized spacial score (nSPS) is 10.3. The second-order valence-corrected chi connectivity index (χ2v) is 7.53. The number of amides is 2. The van der Waals surface area contributed by atoms with E-state index >= 15 is 0 Å². The number of nitrogens with one attached hydrogen (secondary N) is 1. The quantitative estimate of drug-likeness (QED) is 0.570. The third kappa shape index (κ3) is 6.13. The van der Waals surface area contributed by atoms with Gasteiger partial charge in [0.2, 0.25) is 5.91 Å². The van der Waals surface area contributed by atoms with Crippen molar-refractivity contribution in [2.24, 2.45) is 0 Å². The number of carbonyl (C=O) groups excluding carboxylic acids is 3. The lowest BCUT2D eigenvalue weighted by Crippen LogP contribution is -2.23. The van der Waals surface area contributed by atoms with Crippen LogP contribution in [0.15, 0.2) is 47.4 Å². The summed E-state index contributed by atoms with van der Waals surface area (Å²) in [5, 5.41) is 2.74. The van der Waals surface area contributed by atoms with Gasteiger partial charge in [0.15, 0.2) is 6.61 Å². The SMILES string of the molecule is Cc1ccc(NC(=O)COC(=O)c2ccccc2SCC(=O)N(C)C)c(C)c1. The minimum absolute atomic E-state index is 0.0546. The lowest BCUT2D eigenvalue weighted by Gasteiger charge is -2.12. The standard InChI is InChI=1S/C21H24N2O4S/c1-14-9-10-17(15(2)11-14)22-19(24)12-27-21(26)16-7-5-6-8-18(16)28-13-20(25)23(3)4/h5-11H,12-13H2,1-4H3,(H,22,24). The van der Waals surface area contributed by atoms with Gasteiger partial charge in [0, 0.05) is 24.7 Å². The zero-order valence-corrected chi connectivity index (χ0v) is 17.3. The van der Waals surface area contributed by atoms with E-state index in [0.717, 1.165) is 11.1 Å². The van der Waals surface area contributed by atoms with E-state index in [1.807, 2.05) is 32.0 Å². The fourth-order valence-electron chi connectivity index (χ4n) is 2.38. The molecule has 2 aromatic rings. The van der Waals surface area contributed by atoms with Crippen LogP contribution in [0.5, 0.6) is 0 Å². The molecule has 2 amide bonds. The third-order valence-corrected chi connectivity index (χ3v) is 5.01. The molecule has 7 heteroatoms. The van der Waals surface area contributed by atoms with Crippen molar-refractivity contribution in [3.8, 4) is 0 Å². The topological polar surface area (TPSA) is 75.7 Å². The molecule has 0 heterocycles. The Kier molecular flexibility index (Phi) is 7.63. The molecule has 0 unspecified atom stereocenters. The number of anilines is 1. The second kappa shape index (κ2) is 9.94. The summed E-state index contributed by atoms with van der Waals surface area (Å²) in [6, 6.07) is 12.5. The van der Waals surface area contributed by atoms with Crippen molar-refractivity contribution in [3.05, 3.63) is 59.2 Å². The highest BCUT2D eigenvalue weighted by Crippen LogP contribution is 2.23. The smallest absolute Gasteiger partial charge is 0.339 e. The molecular formula is C21H24N2O4S. The van der Waals surface area contributed by atoms with Crippen molar-refractivity contribution in [3.63, 3.8) is 0 Å². The molecular weight excluding hydrogens is 376 g/mol. The van der Waals surface area contributed by atoms with E-state index in [0.29, 0.717) is 16.1 Å². The van der Waals surface area contributed by atoms with E-state index in [9.17, 15) is 14.4 Å². The summed E-state index contributed by atoms with van der Waals surface area (Å²) < 4.78 is 5.16. The summed E-state index contributed by atoms with van der Waals surface area (Å²) >= 11 is 1.26. The average Bonchev–Trinajstić information content (AvgIpc) is 2.66. The van der Waals surface area contributed by atoms with Crippen LogP contribution in [-0.2, 0) is 14.3 Å². The van der Waals surface area contributed by atoms with Crippen LogP contribution in [-0.4, -0.2) is 49.1 Å². The van der Waals surface area contributed by atoms with E-state index in [-0.39, 0.29) is 18.3 Å². The lowest BCUT2D eigenvalue weighted by molar-refractivity contribution is -0.125. The molecule has 0 aromatic heterocycles.